The number of hydrogen-bond acceptors (Lipinski definition) is 10. The first-order valence-electron chi connectivity index (χ1n) is 29.1. The van der Waals surface area contributed by atoms with Gasteiger partial charge in [-0.1, -0.05) is 170 Å². The molecule has 0 radical (unpaired) electrons. The number of fused-ring (bicyclic) bond motifs is 8. The van der Waals surface area contributed by atoms with Crippen LogP contribution in [0.4, 0.5) is 0 Å². The van der Waals surface area contributed by atoms with Crippen LogP contribution in [0, 0.1) is 0 Å². The van der Waals surface area contributed by atoms with Crippen LogP contribution in [0.5, 0.6) is 23.0 Å². The molecule has 2 saturated carbocycles. The Bertz CT molecular complexity index is 2570. The number of rotatable bonds is 16. The van der Waals surface area contributed by atoms with E-state index in [1.807, 2.05) is 0 Å². The smallest absolute Gasteiger partial charge is 0.347 e. The Labute approximate surface area is 468 Å². The molecule has 7 rings (SSSR count). The van der Waals surface area contributed by atoms with E-state index in [-0.39, 0.29) is 59.6 Å². The summed E-state index contributed by atoms with van der Waals surface area (Å²) < 4.78 is 52.9. The lowest BCUT2D eigenvalue weighted by Crippen LogP contribution is -2.48. The summed E-state index contributed by atoms with van der Waals surface area (Å²) in [7, 11) is -8.04. The lowest BCUT2D eigenvalue weighted by atomic mass is 9.79. The molecule has 3 aliphatic carbocycles. The minimum Gasteiger partial charge on any atom is -0.507 e. The lowest BCUT2D eigenvalue weighted by molar-refractivity contribution is 0.194. The maximum atomic E-state index is 13.8. The fourth-order valence-corrected chi connectivity index (χ4v) is 15.5. The molecule has 0 spiro atoms. The highest BCUT2D eigenvalue weighted by atomic mass is 31.2. The van der Waals surface area contributed by atoms with Gasteiger partial charge in [0.2, 0.25) is 0 Å². The third-order valence-electron chi connectivity index (χ3n) is 16.7. The zero-order valence-electron chi connectivity index (χ0n) is 49.9. The Morgan fingerprint density at radius 1 is 0.436 bits per heavy atom. The molecule has 3 aliphatic rings. The first kappa shape index (κ1) is 61.9. The van der Waals surface area contributed by atoms with Gasteiger partial charge in [-0.3, -0.25) is 19.8 Å². The molecule has 0 amide bonds. The molecule has 6 N–H and O–H groups in total. The zero-order chi connectivity index (χ0) is 57.3. The molecule has 2 fully saturated rings. The molecular weight excluding hydrogens is 1020 g/mol. The van der Waals surface area contributed by atoms with Crippen molar-refractivity contribution in [3.05, 3.63) is 115 Å². The van der Waals surface area contributed by atoms with Crippen molar-refractivity contribution in [3.8, 4) is 23.0 Å². The number of aromatic hydroxyl groups is 2. The second-order valence-electron chi connectivity index (χ2n) is 26.9. The van der Waals surface area contributed by atoms with Crippen molar-refractivity contribution in [1.29, 1.82) is 0 Å². The first-order chi connectivity index (χ1) is 36.3. The van der Waals surface area contributed by atoms with E-state index in [1.165, 1.54) is 0 Å². The van der Waals surface area contributed by atoms with Crippen molar-refractivity contribution in [2.24, 2.45) is 0 Å². The van der Waals surface area contributed by atoms with Gasteiger partial charge in [-0.2, -0.15) is 0 Å². The molecule has 2 atom stereocenters. The van der Waals surface area contributed by atoms with Gasteiger partial charge in [0.05, 0.1) is 13.2 Å². The maximum Gasteiger partial charge on any atom is 0.347 e. The van der Waals surface area contributed by atoms with Gasteiger partial charge in [0.25, 0.3) is 0 Å². The van der Waals surface area contributed by atoms with Gasteiger partial charge in [0.15, 0.2) is 0 Å². The van der Waals surface area contributed by atoms with E-state index >= 15 is 0 Å². The third kappa shape index (κ3) is 14.0. The van der Waals surface area contributed by atoms with Crippen LogP contribution in [0.15, 0.2) is 48.5 Å². The van der Waals surface area contributed by atoms with Crippen molar-refractivity contribution in [1.82, 2.24) is 10.6 Å². The lowest BCUT2D eigenvalue weighted by Gasteiger charge is -2.40. The molecular formula is C64H96N2O10P2. The molecule has 8 bridgehead atoms. The Morgan fingerprint density at radius 3 is 0.910 bits per heavy atom. The fraction of sp³-hybridized carbons (Fsp3) is 0.625. The largest absolute Gasteiger partial charge is 0.507 e. The zero-order valence-corrected chi connectivity index (χ0v) is 51.7. The average molecular weight is 1120 g/mol. The van der Waals surface area contributed by atoms with Crippen LogP contribution in [0.25, 0.3) is 0 Å². The van der Waals surface area contributed by atoms with Crippen LogP contribution >= 0.6 is 15.2 Å². The van der Waals surface area contributed by atoms with Crippen LogP contribution in [0.2, 0.25) is 0 Å². The summed E-state index contributed by atoms with van der Waals surface area (Å²) in [5.74, 6) is 1.71. The van der Waals surface area contributed by atoms with Gasteiger partial charge in [-0.15, -0.1) is 0 Å². The van der Waals surface area contributed by atoms with Crippen LogP contribution in [-0.2, 0) is 65.5 Å². The van der Waals surface area contributed by atoms with Gasteiger partial charge in [0, 0.05) is 38.8 Å². The molecule has 0 aliphatic heterocycles. The third-order valence-corrected chi connectivity index (χ3v) is 21.3. The molecule has 0 saturated heterocycles. The molecule has 432 valence electrons. The van der Waals surface area contributed by atoms with E-state index in [4.69, 9.17) is 18.5 Å². The molecule has 2 unspecified atom stereocenters. The number of phenols is 2. The Kier molecular flexibility index (Phi) is 19.1. The van der Waals surface area contributed by atoms with E-state index in [0.29, 0.717) is 76.0 Å². The predicted octanol–water partition coefficient (Wildman–Crippen LogP) is 14.7. The SMILES string of the molecule is CCOP(=O)(O)C1(NCCOc2c3cc(C(C)(C)C)cc2Cc2cc(C(C)(C)C)cc(c2O)Cc2cc(C(C)(C)C)cc(c2OCCNC2(P(=O)(O)OCC)CCCCC2)Cc2cc(C(C)(C)C)cc(c2O)C3)CCCCC1. The number of benzene rings is 4. The Hall–Kier alpha value is -3.70. The summed E-state index contributed by atoms with van der Waals surface area (Å²) >= 11 is 0. The number of hydrogen-bond donors (Lipinski definition) is 6. The van der Waals surface area contributed by atoms with Crippen molar-refractivity contribution in [2.45, 2.75) is 219 Å². The number of phenolic OH excluding ortho intramolecular Hbond substituents is 2. The van der Waals surface area contributed by atoms with Crippen LogP contribution in [0.1, 0.15) is 228 Å². The van der Waals surface area contributed by atoms with E-state index < -0.39 is 25.8 Å². The highest BCUT2D eigenvalue weighted by Crippen LogP contribution is 2.61. The number of ether oxygens (including phenoxy) is 2. The van der Waals surface area contributed by atoms with Gasteiger partial charge in [-0.25, -0.2) is 0 Å². The number of nitrogens with one attached hydrogen (secondary N) is 2. The summed E-state index contributed by atoms with van der Waals surface area (Å²) in [5, 5.41) is 30.6. The normalized spacial score (nSPS) is 18.7. The average Bonchev–Trinajstić information content (AvgIpc) is 3.36. The van der Waals surface area contributed by atoms with E-state index in [9.17, 15) is 29.1 Å². The van der Waals surface area contributed by atoms with E-state index in [2.05, 4.69) is 142 Å². The molecule has 4 aromatic carbocycles. The monoisotopic (exact) mass is 1110 g/mol. The van der Waals surface area contributed by atoms with Crippen molar-refractivity contribution in [2.75, 3.05) is 39.5 Å². The Balaban J connectivity index is 1.42. The highest BCUT2D eigenvalue weighted by molar-refractivity contribution is 7.54. The summed E-state index contributed by atoms with van der Waals surface area (Å²) in [6, 6.07) is 17.3. The quantitative estimate of drug-likeness (QED) is 0.0408. The minimum atomic E-state index is -4.02. The molecule has 12 nitrogen and oxygen atoms in total. The minimum absolute atomic E-state index is 0.140. The van der Waals surface area contributed by atoms with E-state index in [0.717, 1.165) is 105 Å². The predicted molar refractivity (Wildman–Crippen MR) is 317 cm³/mol. The van der Waals surface area contributed by atoms with Gasteiger partial charge < -0.3 is 38.5 Å². The van der Waals surface area contributed by atoms with Crippen LogP contribution in [-0.4, -0.2) is 70.1 Å². The molecule has 0 aromatic heterocycles. The maximum absolute atomic E-state index is 13.8. The molecule has 4 aromatic rings. The van der Waals surface area contributed by atoms with Crippen molar-refractivity contribution >= 4 is 15.2 Å². The van der Waals surface area contributed by atoms with Gasteiger partial charge in [0.1, 0.15) is 46.8 Å². The van der Waals surface area contributed by atoms with Crippen molar-refractivity contribution < 1.29 is 47.7 Å². The highest BCUT2D eigenvalue weighted by Gasteiger charge is 2.50. The summed E-state index contributed by atoms with van der Waals surface area (Å²) in [6.07, 6.45) is 8.78. The Morgan fingerprint density at radius 2 is 0.679 bits per heavy atom. The molecule has 14 heteroatoms. The first-order valence-corrected chi connectivity index (χ1v) is 32.2. The second-order valence-corrected chi connectivity index (χ2v) is 31.2. The van der Waals surface area contributed by atoms with Crippen LogP contribution in [0.3, 0.4) is 0 Å². The van der Waals surface area contributed by atoms with Gasteiger partial charge >= 0.3 is 15.2 Å². The summed E-state index contributed by atoms with van der Waals surface area (Å²) in [4.78, 5) is 22.7. The summed E-state index contributed by atoms with van der Waals surface area (Å²) in [6.45, 7) is 31.1. The second kappa shape index (κ2) is 24.0. The topological polar surface area (TPSA) is 176 Å². The molecule has 0 heterocycles. The van der Waals surface area contributed by atoms with E-state index in [1.54, 1.807) is 13.8 Å². The standard InChI is InChI=1S/C64H96N2O10P2/c1-15-75-77(69,70)63(23-19-17-20-24-63)65-27-29-73-57-47-31-43-35-51(59(3,4)5)37-45(55(43)67)33-49-41-54(62(12,13)14)42-50(58(49)74-30-28-66-64(25-21-18-22-26-64)78(71,72)76-16-2)34-46-38-52(60(6,7)8)36-44(56(46)68)32-48(57)40-53(39-47)61(9,10)11/h35-42,65-68H,15-34H2,1-14H3,(H,69,70)(H,71,72). The summed E-state index contributed by atoms with van der Waals surface area (Å²) in [5.41, 5.74) is 9.74. The fourth-order valence-electron chi connectivity index (χ4n) is 11.9. The van der Waals surface area contributed by atoms with Gasteiger partial charge in [-0.05, 0) is 128 Å². The van der Waals surface area contributed by atoms with Crippen molar-refractivity contribution in [3.63, 3.8) is 0 Å². The molecule has 78 heavy (non-hydrogen) atoms. The van der Waals surface area contributed by atoms with Crippen LogP contribution < -0.4 is 20.1 Å².